The molecule has 1 aliphatic heterocycles. The highest BCUT2D eigenvalue weighted by Crippen LogP contribution is 2.42. The van der Waals surface area contributed by atoms with Gasteiger partial charge in [-0.2, -0.15) is 4.74 Å². The predicted octanol–water partition coefficient (Wildman–Crippen LogP) is 2.21. The van der Waals surface area contributed by atoms with E-state index in [4.69, 9.17) is 4.42 Å². The van der Waals surface area contributed by atoms with Crippen LogP contribution < -0.4 is 0 Å². The van der Waals surface area contributed by atoms with Gasteiger partial charge in [0.15, 0.2) is 5.76 Å². The molecular weight excluding hydrogens is 272 g/mol. The van der Waals surface area contributed by atoms with Gasteiger partial charge in [-0.1, -0.05) is 0 Å². The molecule has 1 fully saturated rings. The van der Waals surface area contributed by atoms with Crippen LogP contribution >= 0.6 is 0 Å². The number of hydroxylamine groups is 3. The van der Waals surface area contributed by atoms with E-state index in [0.29, 0.717) is 34.8 Å². The van der Waals surface area contributed by atoms with E-state index in [0.717, 1.165) is 17.9 Å². The first-order valence-electron chi connectivity index (χ1n) is 7.26. The number of furan rings is 1. The fourth-order valence-corrected chi connectivity index (χ4v) is 3.48. The maximum atomic E-state index is 12.9. The number of nitrogens with zero attached hydrogens (tertiary/aromatic N) is 2. The summed E-state index contributed by atoms with van der Waals surface area (Å²) in [5.74, 6) is 0.863. The van der Waals surface area contributed by atoms with Gasteiger partial charge in [0.05, 0.1) is 0 Å². The summed E-state index contributed by atoms with van der Waals surface area (Å²) in [7, 11) is 0. The second kappa shape index (κ2) is 4.42. The number of hydrogen-bond acceptors (Lipinski definition) is 5. The summed E-state index contributed by atoms with van der Waals surface area (Å²) >= 11 is 0. The molecule has 2 heterocycles. The highest BCUT2D eigenvalue weighted by molar-refractivity contribution is 6.04. The van der Waals surface area contributed by atoms with E-state index in [1.54, 1.807) is 32.9 Å². The van der Waals surface area contributed by atoms with Crippen molar-refractivity contribution >= 4 is 11.5 Å². The minimum absolute atomic E-state index is 0.224. The topological polar surface area (TPSA) is 79.8 Å². The lowest BCUT2D eigenvalue weighted by Gasteiger charge is -2.36. The molecule has 1 N–H and O–H groups in total. The van der Waals surface area contributed by atoms with Crippen LogP contribution in [0, 0.1) is 12.1 Å². The summed E-state index contributed by atoms with van der Waals surface area (Å²) in [6.45, 7) is 5.24. The van der Waals surface area contributed by atoms with Crippen LogP contribution in [0.3, 0.4) is 0 Å². The average Bonchev–Trinajstić information content (AvgIpc) is 2.89. The Kier molecular flexibility index (Phi) is 3.00. The number of carbonyl (C=O) groups is 1. The Morgan fingerprint density at radius 2 is 2.10 bits per heavy atom. The van der Waals surface area contributed by atoms with E-state index >= 15 is 0 Å². The Bertz CT molecular complexity index is 631. The van der Waals surface area contributed by atoms with E-state index in [1.807, 2.05) is 0 Å². The van der Waals surface area contributed by atoms with Crippen molar-refractivity contribution < 1.29 is 19.2 Å². The number of Topliss-reactive ketones (excluding diaryl/α,β-unsaturated/α-hetero) is 1. The maximum absolute atomic E-state index is 12.9. The fourth-order valence-electron chi connectivity index (χ4n) is 3.48. The van der Waals surface area contributed by atoms with E-state index in [9.17, 15) is 15.2 Å². The zero-order valence-corrected chi connectivity index (χ0v) is 12.5. The van der Waals surface area contributed by atoms with Gasteiger partial charge in [0, 0.05) is 12.8 Å². The first-order valence-corrected chi connectivity index (χ1v) is 7.26. The van der Waals surface area contributed by atoms with Gasteiger partial charge in [-0.25, -0.2) is 0 Å². The van der Waals surface area contributed by atoms with Gasteiger partial charge < -0.3 is 14.8 Å². The molecule has 1 aliphatic carbocycles. The second-order valence-electron chi connectivity index (χ2n) is 6.37. The molecular formula is C15H20N2O4. The summed E-state index contributed by atoms with van der Waals surface area (Å²) < 4.78 is 6.24. The number of ketones is 1. The third kappa shape index (κ3) is 1.72. The Morgan fingerprint density at radius 1 is 1.38 bits per heavy atom. The average molecular weight is 292 g/mol. The zero-order valence-electron chi connectivity index (χ0n) is 12.5. The van der Waals surface area contributed by atoms with E-state index < -0.39 is 11.2 Å². The van der Waals surface area contributed by atoms with Crippen molar-refractivity contribution in [1.29, 1.82) is 0 Å². The van der Waals surface area contributed by atoms with Crippen LogP contribution in [0.25, 0.3) is 0 Å². The molecule has 21 heavy (non-hydrogen) atoms. The van der Waals surface area contributed by atoms with E-state index in [2.05, 4.69) is 0 Å². The van der Waals surface area contributed by atoms with Crippen molar-refractivity contribution in [3.8, 4) is 0 Å². The van der Waals surface area contributed by atoms with Crippen LogP contribution in [0.1, 0.15) is 51.1 Å². The molecule has 2 aliphatic rings. The second-order valence-corrected chi connectivity index (χ2v) is 6.37. The Hall–Kier alpha value is -1.66. The van der Waals surface area contributed by atoms with Crippen molar-refractivity contribution in [3.63, 3.8) is 0 Å². The molecule has 0 radical (unpaired) electrons. The number of hydrogen-bond donors (Lipinski definition) is 1. The molecule has 0 amide bonds. The molecule has 3 rings (SSSR count). The third-order valence-corrected chi connectivity index (χ3v) is 4.60. The summed E-state index contributed by atoms with van der Waals surface area (Å²) in [6.07, 6.45) is 2.15. The van der Waals surface area contributed by atoms with Gasteiger partial charge >= 0.3 is 5.66 Å². The lowest BCUT2D eigenvalue weighted by molar-refractivity contribution is -0.574. The minimum Gasteiger partial charge on any atom is -0.622 e. The first-order chi connectivity index (χ1) is 9.81. The molecule has 0 unspecified atom stereocenters. The highest BCUT2D eigenvalue weighted by Gasteiger charge is 2.66. The molecule has 1 spiro atoms. The molecule has 6 heteroatoms. The molecule has 0 saturated heterocycles. The predicted molar refractivity (Wildman–Crippen MR) is 75.1 cm³/mol. The molecule has 0 aromatic carbocycles. The van der Waals surface area contributed by atoms with E-state index in [-0.39, 0.29) is 5.78 Å². The van der Waals surface area contributed by atoms with Crippen LogP contribution in [0.15, 0.2) is 16.5 Å². The van der Waals surface area contributed by atoms with Crippen LogP contribution in [-0.4, -0.2) is 37.7 Å². The van der Waals surface area contributed by atoms with Gasteiger partial charge in [-0.05, 0) is 45.7 Å². The normalized spacial score (nSPS) is 29.6. The van der Waals surface area contributed by atoms with Gasteiger partial charge in [0.1, 0.15) is 11.3 Å². The largest absolute Gasteiger partial charge is 0.622 e. The van der Waals surface area contributed by atoms with Crippen LogP contribution in [0.5, 0.6) is 0 Å². The van der Waals surface area contributed by atoms with Crippen LogP contribution in [0.2, 0.25) is 0 Å². The molecule has 1 saturated carbocycles. The first kappa shape index (κ1) is 14.3. The third-order valence-electron chi connectivity index (χ3n) is 4.60. The molecule has 114 valence electrons. The van der Waals surface area contributed by atoms with Crippen LogP contribution in [-0.2, 0) is 4.79 Å². The molecule has 6 nitrogen and oxygen atoms in total. The minimum atomic E-state index is -1.50. The maximum Gasteiger partial charge on any atom is 0.310 e. The lowest BCUT2D eigenvalue weighted by atomic mass is 9.87. The smallest absolute Gasteiger partial charge is 0.310 e. The summed E-state index contributed by atoms with van der Waals surface area (Å²) in [4.78, 5) is 12.4. The van der Waals surface area contributed by atoms with Gasteiger partial charge in [-0.3, -0.25) is 4.79 Å². The van der Waals surface area contributed by atoms with E-state index in [1.165, 1.54) is 0 Å². The number of carbonyl (C=O) groups excluding carboxylic acids is 1. The summed E-state index contributed by atoms with van der Waals surface area (Å²) in [5, 5.41) is 24.5. The number of aryl methyl sites for hydroxylation is 1. The van der Waals surface area contributed by atoms with Gasteiger partial charge in [0.25, 0.3) is 5.71 Å². The van der Waals surface area contributed by atoms with Crippen molar-refractivity contribution in [2.24, 2.45) is 0 Å². The zero-order chi connectivity index (χ0) is 15.4. The monoisotopic (exact) mass is 292 g/mol. The SMILES string of the molecule is Cc1ccc(C2=[N+]([O-])[C@@]3(CCCCC3=O)N(O)C2(C)C)o1. The Morgan fingerprint density at radius 3 is 2.67 bits per heavy atom. The summed E-state index contributed by atoms with van der Waals surface area (Å²) in [5.41, 5.74) is -2.19. The molecule has 0 bridgehead atoms. The summed E-state index contributed by atoms with van der Waals surface area (Å²) in [6, 6.07) is 3.47. The van der Waals surface area contributed by atoms with Gasteiger partial charge in [0.2, 0.25) is 5.78 Å². The lowest BCUT2D eigenvalue weighted by Crippen LogP contribution is -2.60. The van der Waals surface area contributed by atoms with Gasteiger partial charge in [-0.15, -0.1) is 5.06 Å². The molecule has 1 atom stereocenters. The number of rotatable bonds is 1. The quantitative estimate of drug-likeness (QED) is 0.634. The molecule has 1 aromatic heterocycles. The fraction of sp³-hybridized carbons (Fsp3) is 0.600. The van der Waals surface area contributed by atoms with Crippen LogP contribution in [0.4, 0.5) is 0 Å². The highest BCUT2D eigenvalue weighted by atomic mass is 16.6. The van der Waals surface area contributed by atoms with Crippen molar-refractivity contribution in [3.05, 3.63) is 28.9 Å². The Balaban J connectivity index is 2.21. The van der Waals surface area contributed by atoms with Crippen molar-refractivity contribution in [2.75, 3.05) is 0 Å². The van der Waals surface area contributed by atoms with Crippen molar-refractivity contribution in [1.82, 2.24) is 5.06 Å². The van der Waals surface area contributed by atoms with Crippen molar-refractivity contribution in [2.45, 2.75) is 57.7 Å². The Labute approximate surface area is 123 Å². The molecule has 1 aromatic rings. The standard InChI is InChI=1S/C15H20N2O4/c1-10-7-8-11(21-10)13-14(2,3)17(20)15(16(13)19)9-5-4-6-12(15)18/h7-8,20H,4-6,9H2,1-3H3/t15-/m0/s1.